The molecule has 0 bridgehead atoms. The van der Waals surface area contributed by atoms with E-state index in [1.165, 1.54) is 18.0 Å². The van der Waals surface area contributed by atoms with Crippen molar-refractivity contribution in [2.45, 2.75) is 6.92 Å². The van der Waals surface area contributed by atoms with Crippen LogP contribution >= 0.6 is 0 Å². The summed E-state index contributed by atoms with van der Waals surface area (Å²) >= 11 is 0. The van der Waals surface area contributed by atoms with Gasteiger partial charge >= 0.3 is 5.97 Å². The van der Waals surface area contributed by atoms with Gasteiger partial charge in [0.1, 0.15) is 5.56 Å². The largest absolute Gasteiger partial charge is 0.481 e. The molecule has 2 rings (SSSR count). The number of carboxylic acids is 1. The molecule has 0 radical (unpaired) electrons. The first-order valence-electron chi connectivity index (χ1n) is 4.92. The summed E-state index contributed by atoms with van der Waals surface area (Å²) in [6.45, 7) is 1.70. The lowest BCUT2D eigenvalue weighted by Crippen LogP contribution is -2.03. The Kier molecular flexibility index (Phi) is 2.78. The van der Waals surface area contributed by atoms with E-state index in [2.05, 4.69) is 10.1 Å². The maximum atomic E-state index is 10.9. The standard InChI is InChI=1S/C11H11N3O3/c1-7-9(11(15)16)6-13-14(7)8-3-4-10(17-2)12-5-8/h3-6H,1-2H3,(H,15,16). The van der Waals surface area contributed by atoms with E-state index in [-0.39, 0.29) is 5.56 Å². The zero-order valence-electron chi connectivity index (χ0n) is 9.41. The SMILES string of the molecule is COc1ccc(-n2ncc(C(=O)O)c2C)cn1. The topological polar surface area (TPSA) is 77.2 Å². The highest BCUT2D eigenvalue weighted by atomic mass is 16.5. The molecule has 0 unspecified atom stereocenters. The number of ether oxygens (including phenoxy) is 1. The van der Waals surface area contributed by atoms with Crippen LogP contribution in [-0.2, 0) is 0 Å². The quantitative estimate of drug-likeness (QED) is 0.864. The van der Waals surface area contributed by atoms with Gasteiger partial charge in [-0.2, -0.15) is 5.10 Å². The first kappa shape index (κ1) is 11.1. The van der Waals surface area contributed by atoms with Gasteiger partial charge in [-0.15, -0.1) is 0 Å². The third kappa shape index (κ3) is 1.96. The van der Waals surface area contributed by atoms with Gasteiger partial charge in [-0.05, 0) is 13.0 Å². The van der Waals surface area contributed by atoms with Crippen molar-refractivity contribution in [2.24, 2.45) is 0 Å². The number of methoxy groups -OCH3 is 1. The van der Waals surface area contributed by atoms with Crippen molar-refractivity contribution in [1.29, 1.82) is 0 Å². The lowest BCUT2D eigenvalue weighted by molar-refractivity contribution is 0.0696. The average molecular weight is 233 g/mol. The number of nitrogens with zero attached hydrogens (tertiary/aromatic N) is 3. The van der Waals surface area contributed by atoms with Crippen LogP contribution in [0.5, 0.6) is 5.88 Å². The van der Waals surface area contributed by atoms with Crippen LogP contribution in [-0.4, -0.2) is 33.0 Å². The minimum atomic E-state index is -0.991. The van der Waals surface area contributed by atoms with E-state index in [0.717, 1.165) is 0 Å². The smallest absolute Gasteiger partial charge is 0.339 e. The van der Waals surface area contributed by atoms with E-state index in [1.807, 2.05) is 0 Å². The zero-order valence-corrected chi connectivity index (χ0v) is 9.41. The minimum Gasteiger partial charge on any atom is -0.481 e. The summed E-state index contributed by atoms with van der Waals surface area (Å²) in [6, 6.07) is 3.45. The summed E-state index contributed by atoms with van der Waals surface area (Å²) < 4.78 is 6.47. The summed E-state index contributed by atoms with van der Waals surface area (Å²) in [5.74, 6) is -0.493. The minimum absolute atomic E-state index is 0.181. The lowest BCUT2D eigenvalue weighted by atomic mass is 10.2. The highest BCUT2D eigenvalue weighted by Crippen LogP contribution is 2.15. The second kappa shape index (κ2) is 4.25. The Labute approximate surface area is 97.5 Å². The molecule has 0 aliphatic carbocycles. The molecule has 0 aliphatic rings. The van der Waals surface area contributed by atoms with Gasteiger partial charge in [-0.3, -0.25) is 0 Å². The maximum absolute atomic E-state index is 10.9. The van der Waals surface area contributed by atoms with Crippen LogP contribution in [0.2, 0.25) is 0 Å². The molecule has 2 heterocycles. The van der Waals surface area contributed by atoms with Crippen molar-refractivity contribution in [3.8, 4) is 11.6 Å². The van der Waals surface area contributed by atoms with Crippen molar-refractivity contribution in [3.05, 3.63) is 35.8 Å². The predicted molar refractivity (Wildman–Crippen MR) is 59.6 cm³/mol. The molecule has 0 aromatic carbocycles. The Hall–Kier alpha value is -2.37. The molecular weight excluding hydrogens is 222 g/mol. The molecule has 0 spiro atoms. The Morgan fingerprint density at radius 2 is 2.18 bits per heavy atom. The number of hydrogen-bond acceptors (Lipinski definition) is 4. The normalized spacial score (nSPS) is 10.2. The number of pyridine rings is 1. The van der Waals surface area contributed by atoms with Gasteiger partial charge in [-0.25, -0.2) is 14.5 Å². The van der Waals surface area contributed by atoms with Gasteiger partial charge < -0.3 is 9.84 Å². The van der Waals surface area contributed by atoms with E-state index in [0.29, 0.717) is 17.3 Å². The van der Waals surface area contributed by atoms with Crippen molar-refractivity contribution in [3.63, 3.8) is 0 Å². The van der Waals surface area contributed by atoms with Crippen molar-refractivity contribution in [1.82, 2.24) is 14.8 Å². The number of hydrogen-bond donors (Lipinski definition) is 1. The van der Waals surface area contributed by atoms with Crippen LogP contribution in [0.25, 0.3) is 5.69 Å². The molecule has 0 amide bonds. The summed E-state index contributed by atoms with van der Waals surface area (Å²) in [5, 5.41) is 12.9. The fourth-order valence-corrected chi connectivity index (χ4v) is 1.50. The van der Waals surface area contributed by atoms with Crippen molar-refractivity contribution in [2.75, 3.05) is 7.11 Å². The van der Waals surface area contributed by atoms with Gasteiger partial charge in [0.25, 0.3) is 0 Å². The molecule has 2 aromatic heterocycles. The van der Waals surface area contributed by atoms with Crippen LogP contribution < -0.4 is 4.74 Å². The molecule has 0 saturated heterocycles. The Bertz CT molecular complexity index is 546. The summed E-state index contributed by atoms with van der Waals surface area (Å²) in [6.07, 6.45) is 2.90. The molecule has 88 valence electrons. The van der Waals surface area contributed by atoms with Gasteiger partial charge in [0.05, 0.1) is 30.9 Å². The molecule has 0 atom stereocenters. The van der Waals surface area contributed by atoms with Crippen LogP contribution in [0.3, 0.4) is 0 Å². The van der Waals surface area contributed by atoms with Gasteiger partial charge in [0, 0.05) is 6.07 Å². The molecule has 0 saturated carbocycles. The van der Waals surface area contributed by atoms with E-state index in [1.54, 1.807) is 25.3 Å². The first-order valence-corrected chi connectivity index (χ1v) is 4.92. The fourth-order valence-electron chi connectivity index (χ4n) is 1.50. The molecule has 6 nitrogen and oxygen atoms in total. The number of aromatic carboxylic acids is 1. The Morgan fingerprint density at radius 1 is 1.41 bits per heavy atom. The summed E-state index contributed by atoms with van der Waals surface area (Å²) in [5.41, 5.74) is 1.43. The second-order valence-electron chi connectivity index (χ2n) is 3.42. The molecule has 6 heteroatoms. The second-order valence-corrected chi connectivity index (χ2v) is 3.42. The highest BCUT2D eigenvalue weighted by Gasteiger charge is 2.13. The fraction of sp³-hybridized carbons (Fsp3) is 0.182. The van der Waals surface area contributed by atoms with Gasteiger partial charge in [0.2, 0.25) is 5.88 Å². The molecular formula is C11H11N3O3. The molecule has 2 aromatic rings. The number of rotatable bonds is 3. The molecule has 1 N–H and O–H groups in total. The Morgan fingerprint density at radius 3 is 2.65 bits per heavy atom. The monoisotopic (exact) mass is 233 g/mol. The van der Waals surface area contributed by atoms with E-state index < -0.39 is 5.97 Å². The maximum Gasteiger partial charge on any atom is 0.339 e. The third-order valence-corrected chi connectivity index (χ3v) is 2.41. The van der Waals surface area contributed by atoms with Crippen molar-refractivity contribution >= 4 is 5.97 Å². The van der Waals surface area contributed by atoms with Gasteiger partial charge in [-0.1, -0.05) is 0 Å². The lowest BCUT2D eigenvalue weighted by Gasteiger charge is -2.04. The van der Waals surface area contributed by atoms with Crippen LogP contribution in [0.4, 0.5) is 0 Å². The van der Waals surface area contributed by atoms with Gasteiger partial charge in [0.15, 0.2) is 0 Å². The summed E-state index contributed by atoms with van der Waals surface area (Å²) in [7, 11) is 1.53. The molecule has 0 aliphatic heterocycles. The van der Waals surface area contributed by atoms with Crippen LogP contribution in [0.1, 0.15) is 16.1 Å². The molecule has 17 heavy (non-hydrogen) atoms. The number of carbonyl (C=O) groups is 1. The number of carboxylic acid groups (broad SMARTS) is 1. The average Bonchev–Trinajstić information content (AvgIpc) is 2.71. The first-order chi connectivity index (χ1) is 8.13. The van der Waals surface area contributed by atoms with Crippen molar-refractivity contribution < 1.29 is 14.6 Å². The summed E-state index contributed by atoms with van der Waals surface area (Å²) in [4.78, 5) is 14.9. The van der Waals surface area contributed by atoms with Crippen LogP contribution in [0.15, 0.2) is 24.5 Å². The number of aromatic nitrogens is 3. The van der Waals surface area contributed by atoms with E-state index in [9.17, 15) is 4.79 Å². The third-order valence-electron chi connectivity index (χ3n) is 2.41. The van der Waals surface area contributed by atoms with E-state index in [4.69, 9.17) is 9.84 Å². The zero-order chi connectivity index (χ0) is 12.4. The van der Waals surface area contributed by atoms with E-state index >= 15 is 0 Å². The molecule has 0 fully saturated rings. The Balaban J connectivity index is 2.42. The predicted octanol–water partition coefficient (Wildman–Crippen LogP) is 1.28. The highest BCUT2D eigenvalue weighted by molar-refractivity contribution is 5.88. The van der Waals surface area contributed by atoms with Crippen LogP contribution in [0, 0.1) is 6.92 Å².